The van der Waals surface area contributed by atoms with E-state index >= 15 is 0 Å². The number of hydrogen-bond acceptors (Lipinski definition) is 5. The van der Waals surface area contributed by atoms with Crippen molar-refractivity contribution in [1.29, 1.82) is 0 Å². The fraction of sp³-hybridized carbons (Fsp3) is 0.121. The number of ether oxygens (including phenoxy) is 1. The number of halogens is 4. The minimum Gasteiger partial charge on any atom is -0.497 e. The number of rotatable bonds is 8. The Hall–Kier alpha value is -5.25. The minimum absolute atomic E-state index is 0.134. The highest BCUT2D eigenvalue weighted by Gasteiger charge is 2.29. The van der Waals surface area contributed by atoms with E-state index in [9.17, 15) is 27.2 Å². The third kappa shape index (κ3) is 6.81. The Balaban J connectivity index is 1.42. The molecule has 0 fully saturated rings. The molecule has 218 valence electrons. The third-order valence-electron chi connectivity index (χ3n) is 6.87. The number of ketones is 1. The van der Waals surface area contributed by atoms with E-state index in [0.717, 1.165) is 51.5 Å². The molecule has 2 aromatic heterocycles. The summed E-state index contributed by atoms with van der Waals surface area (Å²) in [5, 5.41) is 0. The average Bonchev–Trinajstić information content (AvgIpc) is 2.98. The fourth-order valence-electron chi connectivity index (χ4n) is 4.69. The lowest BCUT2D eigenvalue weighted by molar-refractivity contribution is -0.140. The second kappa shape index (κ2) is 11.9. The first-order valence-corrected chi connectivity index (χ1v) is 13.1. The Kier molecular flexibility index (Phi) is 8.11. The van der Waals surface area contributed by atoms with Gasteiger partial charge in [-0.2, -0.15) is 13.2 Å². The molecule has 0 bridgehead atoms. The maximum Gasteiger partial charge on any atom is 0.406 e. The summed E-state index contributed by atoms with van der Waals surface area (Å²) in [6, 6.07) is 21.0. The maximum absolute atomic E-state index is 13.4. The third-order valence-corrected chi connectivity index (χ3v) is 6.87. The predicted octanol–water partition coefficient (Wildman–Crippen LogP) is 6.96. The Bertz CT molecular complexity index is 1830. The highest BCUT2D eigenvalue weighted by Crippen LogP contribution is 2.31. The molecule has 0 amide bonds. The van der Waals surface area contributed by atoms with E-state index in [0.29, 0.717) is 16.9 Å². The fourth-order valence-corrected chi connectivity index (χ4v) is 4.69. The van der Waals surface area contributed by atoms with Crippen LogP contribution in [0.15, 0.2) is 102 Å². The van der Waals surface area contributed by atoms with Crippen LogP contribution in [0.2, 0.25) is 0 Å². The first-order chi connectivity index (χ1) is 20.5. The Morgan fingerprint density at radius 2 is 1.47 bits per heavy atom. The number of alkyl halides is 3. The standard InChI is InChI=1S/C33H25F4N3O3/c1-43-26-12-8-21(9-13-26)24-15-27(32(38)39-16-24)22-4-2-20(3-5-22)14-30(41)29-18-40(19-33(35,36)37)17-28(31(29)42)23-6-10-25(34)11-7-23/h2-13,15-18H,14,19H2,1H3,(H2,38,39). The van der Waals surface area contributed by atoms with Crippen LogP contribution in [0, 0.1) is 5.82 Å². The van der Waals surface area contributed by atoms with Gasteiger partial charge in [0.25, 0.3) is 0 Å². The molecule has 0 aliphatic carbocycles. The lowest BCUT2D eigenvalue weighted by Crippen LogP contribution is -2.24. The van der Waals surface area contributed by atoms with E-state index in [2.05, 4.69) is 4.98 Å². The van der Waals surface area contributed by atoms with Gasteiger partial charge >= 0.3 is 6.18 Å². The number of benzene rings is 3. The van der Waals surface area contributed by atoms with E-state index in [4.69, 9.17) is 10.5 Å². The summed E-state index contributed by atoms with van der Waals surface area (Å²) in [7, 11) is 1.59. The summed E-state index contributed by atoms with van der Waals surface area (Å²) < 4.78 is 59.0. The zero-order chi connectivity index (χ0) is 30.7. The van der Waals surface area contributed by atoms with Gasteiger partial charge in [-0.25, -0.2) is 9.37 Å². The molecule has 0 radical (unpaired) electrons. The summed E-state index contributed by atoms with van der Waals surface area (Å²) in [5.41, 5.74) is 8.80. The molecular weight excluding hydrogens is 562 g/mol. The lowest BCUT2D eigenvalue weighted by Gasteiger charge is -2.14. The molecular formula is C33H25F4N3O3. The van der Waals surface area contributed by atoms with Gasteiger partial charge in [-0.05, 0) is 52.6 Å². The van der Waals surface area contributed by atoms with Gasteiger partial charge in [0.15, 0.2) is 11.2 Å². The number of nitrogens with zero attached hydrogens (tertiary/aromatic N) is 2. The molecule has 10 heteroatoms. The minimum atomic E-state index is -4.59. The van der Waals surface area contributed by atoms with Crippen molar-refractivity contribution in [1.82, 2.24) is 9.55 Å². The van der Waals surface area contributed by atoms with Crippen molar-refractivity contribution in [2.24, 2.45) is 0 Å². The molecule has 0 spiro atoms. The largest absolute Gasteiger partial charge is 0.497 e. The molecule has 0 aliphatic rings. The SMILES string of the molecule is COc1ccc(-c2cnc(N)c(-c3ccc(CC(=O)c4cn(CC(F)(F)F)cc(-c5ccc(F)cc5)c4=O)cc3)c2)cc1. The van der Waals surface area contributed by atoms with Crippen LogP contribution < -0.4 is 15.9 Å². The van der Waals surface area contributed by atoms with Crippen molar-refractivity contribution in [3.8, 4) is 39.1 Å². The summed E-state index contributed by atoms with van der Waals surface area (Å²) in [5.74, 6) is -0.191. The van der Waals surface area contributed by atoms with Crippen molar-refractivity contribution in [3.05, 3.63) is 125 Å². The molecule has 0 saturated heterocycles. The van der Waals surface area contributed by atoms with E-state index < -0.39 is 35.3 Å². The van der Waals surface area contributed by atoms with Crippen molar-refractivity contribution in [2.75, 3.05) is 12.8 Å². The summed E-state index contributed by atoms with van der Waals surface area (Å²) in [6.45, 7) is -1.40. The average molecular weight is 588 g/mol. The number of hydrogen-bond donors (Lipinski definition) is 1. The van der Waals surface area contributed by atoms with Crippen LogP contribution in [-0.4, -0.2) is 28.6 Å². The lowest BCUT2D eigenvalue weighted by atomic mass is 9.97. The number of pyridine rings is 2. The van der Waals surface area contributed by atoms with Gasteiger partial charge in [-0.1, -0.05) is 48.5 Å². The van der Waals surface area contributed by atoms with Gasteiger partial charge in [-0.3, -0.25) is 9.59 Å². The number of nitrogen functional groups attached to an aromatic ring is 1. The Morgan fingerprint density at radius 1 is 0.860 bits per heavy atom. The molecule has 0 unspecified atom stereocenters. The predicted molar refractivity (Wildman–Crippen MR) is 156 cm³/mol. The van der Waals surface area contributed by atoms with E-state index in [-0.39, 0.29) is 17.5 Å². The number of methoxy groups -OCH3 is 1. The van der Waals surface area contributed by atoms with Crippen molar-refractivity contribution < 1.29 is 27.1 Å². The van der Waals surface area contributed by atoms with Gasteiger partial charge < -0.3 is 15.0 Å². The van der Waals surface area contributed by atoms with Gasteiger partial charge in [-0.15, -0.1) is 0 Å². The molecule has 0 atom stereocenters. The van der Waals surface area contributed by atoms with E-state index in [1.807, 2.05) is 30.3 Å². The molecule has 0 saturated carbocycles. The molecule has 2 heterocycles. The van der Waals surface area contributed by atoms with E-state index in [1.54, 1.807) is 37.6 Å². The molecule has 5 rings (SSSR count). The smallest absolute Gasteiger partial charge is 0.406 e. The molecule has 3 aromatic carbocycles. The number of Topliss-reactive ketones (excluding diaryl/α,β-unsaturated/α-hetero) is 1. The molecule has 2 N–H and O–H groups in total. The molecule has 43 heavy (non-hydrogen) atoms. The van der Waals surface area contributed by atoms with Crippen LogP contribution in [0.3, 0.4) is 0 Å². The topological polar surface area (TPSA) is 87.2 Å². The quantitative estimate of drug-likeness (QED) is 0.157. The van der Waals surface area contributed by atoms with Gasteiger partial charge in [0.2, 0.25) is 0 Å². The van der Waals surface area contributed by atoms with Crippen LogP contribution in [-0.2, 0) is 13.0 Å². The molecule has 6 nitrogen and oxygen atoms in total. The molecule has 0 aliphatic heterocycles. The second-order valence-electron chi connectivity index (χ2n) is 9.89. The Labute approximate surface area is 244 Å². The number of carbonyl (C=O) groups excluding carboxylic acids is 1. The van der Waals surface area contributed by atoms with Crippen LogP contribution >= 0.6 is 0 Å². The summed E-state index contributed by atoms with van der Waals surface area (Å²) in [6.07, 6.45) is -1.22. The van der Waals surface area contributed by atoms with Crippen LogP contribution in [0.5, 0.6) is 5.75 Å². The number of nitrogens with two attached hydrogens (primary N) is 1. The summed E-state index contributed by atoms with van der Waals surface area (Å²) in [4.78, 5) is 30.8. The zero-order valence-corrected chi connectivity index (χ0v) is 22.9. The van der Waals surface area contributed by atoms with Crippen LogP contribution in [0.1, 0.15) is 15.9 Å². The maximum atomic E-state index is 13.4. The highest BCUT2D eigenvalue weighted by atomic mass is 19.4. The Morgan fingerprint density at radius 3 is 2.09 bits per heavy atom. The van der Waals surface area contributed by atoms with Gasteiger partial charge in [0.1, 0.15) is 23.9 Å². The number of aromatic nitrogens is 2. The first-order valence-electron chi connectivity index (χ1n) is 13.1. The second-order valence-corrected chi connectivity index (χ2v) is 9.89. The van der Waals surface area contributed by atoms with Crippen LogP contribution in [0.25, 0.3) is 33.4 Å². The van der Waals surface area contributed by atoms with Crippen molar-refractivity contribution in [2.45, 2.75) is 19.1 Å². The van der Waals surface area contributed by atoms with Gasteiger partial charge in [0.05, 0.1) is 12.7 Å². The van der Waals surface area contributed by atoms with E-state index in [1.165, 1.54) is 12.1 Å². The number of carbonyl (C=O) groups is 1. The van der Waals surface area contributed by atoms with Crippen LogP contribution in [0.4, 0.5) is 23.4 Å². The number of anilines is 1. The summed E-state index contributed by atoms with van der Waals surface area (Å²) >= 11 is 0. The monoisotopic (exact) mass is 587 g/mol. The first kappa shape index (κ1) is 29.2. The molecule has 5 aromatic rings. The van der Waals surface area contributed by atoms with Gasteiger partial charge in [0, 0.05) is 41.7 Å². The normalized spacial score (nSPS) is 11.4. The van der Waals surface area contributed by atoms with Crippen molar-refractivity contribution in [3.63, 3.8) is 0 Å². The highest BCUT2D eigenvalue weighted by molar-refractivity contribution is 5.98. The van der Waals surface area contributed by atoms with Crippen molar-refractivity contribution >= 4 is 11.6 Å². The zero-order valence-electron chi connectivity index (χ0n) is 22.9.